The van der Waals surface area contributed by atoms with E-state index in [4.69, 9.17) is 0 Å². The molecule has 4 saturated carbocycles. The molecule has 21 heavy (non-hydrogen) atoms. The van der Waals surface area contributed by atoms with Crippen molar-refractivity contribution >= 4 is 5.57 Å². The topological polar surface area (TPSA) is 20.2 Å². The van der Waals surface area contributed by atoms with Crippen LogP contribution < -0.4 is 0 Å². The quantitative estimate of drug-likeness (QED) is 0.857. The lowest BCUT2D eigenvalue weighted by atomic mass is 9.50. The van der Waals surface area contributed by atoms with Crippen LogP contribution in [0.25, 0.3) is 5.57 Å². The number of rotatable bonds is 3. The molecule has 1 aromatic rings. The Morgan fingerprint density at radius 1 is 1.05 bits per heavy atom. The molecule has 4 bridgehead atoms. The van der Waals surface area contributed by atoms with Crippen LogP contribution in [-0.4, -0.2) is 11.7 Å². The van der Waals surface area contributed by atoms with Gasteiger partial charge in [-0.2, -0.15) is 0 Å². The Balaban J connectivity index is 1.72. The Bertz CT molecular complexity index is 529. The lowest BCUT2D eigenvalue weighted by molar-refractivity contribution is -0.00286. The van der Waals surface area contributed by atoms with E-state index in [9.17, 15) is 5.11 Å². The summed E-state index contributed by atoms with van der Waals surface area (Å²) >= 11 is 0. The van der Waals surface area contributed by atoms with Crippen molar-refractivity contribution in [3.63, 3.8) is 0 Å². The van der Waals surface area contributed by atoms with E-state index in [0.29, 0.717) is 0 Å². The van der Waals surface area contributed by atoms with Gasteiger partial charge in [0.05, 0.1) is 6.61 Å². The minimum Gasteiger partial charge on any atom is -0.392 e. The van der Waals surface area contributed by atoms with Gasteiger partial charge in [-0.1, -0.05) is 30.3 Å². The van der Waals surface area contributed by atoms with E-state index >= 15 is 0 Å². The van der Waals surface area contributed by atoms with E-state index in [0.717, 1.165) is 29.6 Å². The Hall–Kier alpha value is -1.08. The molecule has 0 saturated heterocycles. The van der Waals surface area contributed by atoms with Gasteiger partial charge in [0.2, 0.25) is 0 Å². The third-order valence-electron chi connectivity index (χ3n) is 6.37. The minimum atomic E-state index is 0.141. The lowest BCUT2D eigenvalue weighted by Crippen LogP contribution is -2.44. The summed E-state index contributed by atoms with van der Waals surface area (Å²) in [7, 11) is 0. The second-order valence-electron chi connectivity index (χ2n) is 7.61. The highest BCUT2D eigenvalue weighted by Gasteiger charge is 2.48. The highest BCUT2D eigenvalue weighted by molar-refractivity contribution is 5.67. The molecule has 112 valence electrons. The van der Waals surface area contributed by atoms with Gasteiger partial charge in [-0.05, 0) is 85.3 Å². The normalized spacial score (nSPS) is 38.0. The molecule has 0 spiro atoms. The van der Waals surface area contributed by atoms with Crippen molar-refractivity contribution < 1.29 is 5.11 Å². The summed E-state index contributed by atoms with van der Waals surface area (Å²) in [6.07, 6.45) is 9.34. The molecule has 0 radical (unpaired) electrons. The number of aliphatic hydroxyl groups is 1. The maximum Gasteiger partial charge on any atom is 0.0618 e. The van der Waals surface area contributed by atoms with Gasteiger partial charge in [-0.25, -0.2) is 0 Å². The molecule has 1 aromatic carbocycles. The van der Waals surface area contributed by atoms with Crippen LogP contribution in [0.3, 0.4) is 0 Å². The van der Waals surface area contributed by atoms with Gasteiger partial charge in [-0.15, -0.1) is 0 Å². The zero-order valence-electron chi connectivity index (χ0n) is 13.0. The highest BCUT2D eigenvalue weighted by Crippen LogP contribution is 2.60. The first-order chi connectivity index (χ1) is 10.3. The van der Waals surface area contributed by atoms with Crippen LogP contribution in [0.2, 0.25) is 0 Å². The molecule has 4 fully saturated rings. The number of hydrogen-bond acceptors (Lipinski definition) is 1. The fraction of sp³-hybridized carbons (Fsp3) is 0.600. The van der Waals surface area contributed by atoms with Gasteiger partial charge >= 0.3 is 0 Å². The van der Waals surface area contributed by atoms with E-state index in [1.807, 2.05) is 6.08 Å². The van der Waals surface area contributed by atoms with Crippen LogP contribution in [0, 0.1) is 23.7 Å². The first-order valence-electron chi connectivity index (χ1n) is 8.63. The molecule has 0 unspecified atom stereocenters. The second-order valence-corrected chi connectivity index (χ2v) is 7.61. The summed E-state index contributed by atoms with van der Waals surface area (Å²) in [4.78, 5) is 0. The van der Waals surface area contributed by atoms with Gasteiger partial charge in [0, 0.05) is 0 Å². The van der Waals surface area contributed by atoms with Crippen molar-refractivity contribution in [1.82, 2.24) is 0 Å². The third kappa shape index (κ3) is 2.26. The van der Waals surface area contributed by atoms with Gasteiger partial charge in [0.15, 0.2) is 0 Å². The van der Waals surface area contributed by atoms with Crippen molar-refractivity contribution in [2.45, 2.75) is 44.9 Å². The Kier molecular flexibility index (Phi) is 3.41. The monoisotopic (exact) mass is 282 g/mol. The molecule has 1 N–H and O–H groups in total. The van der Waals surface area contributed by atoms with Gasteiger partial charge in [0.1, 0.15) is 0 Å². The van der Waals surface area contributed by atoms with Crippen LogP contribution in [0.5, 0.6) is 0 Å². The lowest BCUT2D eigenvalue weighted by Gasteiger charge is -2.55. The molecule has 5 rings (SSSR count). The van der Waals surface area contributed by atoms with Crippen LogP contribution in [0.15, 0.2) is 30.3 Å². The van der Waals surface area contributed by atoms with Crippen molar-refractivity contribution in [3.8, 4) is 0 Å². The van der Waals surface area contributed by atoms with E-state index in [2.05, 4.69) is 31.2 Å². The molecule has 0 aliphatic heterocycles. The molecule has 1 nitrogen and oxygen atoms in total. The molecule has 0 amide bonds. The fourth-order valence-electron chi connectivity index (χ4n) is 5.83. The van der Waals surface area contributed by atoms with Crippen molar-refractivity contribution in [3.05, 3.63) is 41.5 Å². The van der Waals surface area contributed by atoms with Gasteiger partial charge < -0.3 is 5.11 Å². The summed E-state index contributed by atoms with van der Waals surface area (Å²) < 4.78 is 0. The zero-order valence-corrected chi connectivity index (χ0v) is 13.0. The van der Waals surface area contributed by atoms with Gasteiger partial charge in [0.25, 0.3) is 0 Å². The van der Waals surface area contributed by atoms with E-state index in [1.54, 1.807) is 5.56 Å². The molecular weight excluding hydrogens is 256 g/mol. The van der Waals surface area contributed by atoms with Crippen LogP contribution in [-0.2, 0) is 0 Å². The number of benzene rings is 1. The van der Waals surface area contributed by atoms with Crippen LogP contribution in [0.1, 0.15) is 56.1 Å². The zero-order chi connectivity index (χ0) is 14.4. The van der Waals surface area contributed by atoms with Crippen molar-refractivity contribution in [2.75, 3.05) is 6.61 Å². The van der Waals surface area contributed by atoms with Crippen molar-refractivity contribution in [2.24, 2.45) is 23.7 Å². The number of hydrogen-bond donors (Lipinski definition) is 1. The minimum absolute atomic E-state index is 0.141. The summed E-state index contributed by atoms with van der Waals surface area (Å²) in [5.41, 5.74) is 4.18. The second kappa shape index (κ2) is 5.28. The molecule has 0 atom stereocenters. The predicted molar refractivity (Wildman–Crippen MR) is 87.0 cm³/mol. The standard InChI is InChI=1S/C20H26O/c1-13(6-7-21)18-4-2-3-5-19(18)20-16-9-14-8-15(11-16)12-17(20)10-14/h2-6,14-17,20-21H,7-12H2,1H3. The summed E-state index contributed by atoms with van der Waals surface area (Å²) in [5.74, 6) is 4.68. The smallest absolute Gasteiger partial charge is 0.0618 e. The predicted octanol–water partition coefficient (Wildman–Crippen LogP) is 4.62. The van der Waals surface area contributed by atoms with Gasteiger partial charge in [-0.3, -0.25) is 0 Å². The van der Waals surface area contributed by atoms with Crippen molar-refractivity contribution in [1.29, 1.82) is 0 Å². The number of allylic oxidation sites excluding steroid dienone is 1. The SMILES string of the molecule is CC(=CCO)c1ccccc1C1C2CC3CC(C2)CC1C3. The van der Waals surface area contributed by atoms with E-state index in [1.165, 1.54) is 43.2 Å². The summed E-state index contributed by atoms with van der Waals surface area (Å²) in [6.45, 7) is 2.28. The Labute approximate surface area is 128 Å². The average Bonchev–Trinajstić information content (AvgIpc) is 2.47. The first kappa shape index (κ1) is 13.6. The third-order valence-corrected chi connectivity index (χ3v) is 6.37. The average molecular weight is 282 g/mol. The molecule has 4 aliphatic rings. The van der Waals surface area contributed by atoms with E-state index < -0.39 is 0 Å². The maximum absolute atomic E-state index is 9.22. The van der Waals surface area contributed by atoms with Crippen LogP contribution in [0.4, 0.5) is 0 Å². The molecule has 1 heteroatoms. The summed E-state index contributed by atoms with van der Waals surface area (Å²) in [5, 5.41) is 9.22. The maximum atomic E-state index is 9.22. The molecule has 4 aliphatic carbocycles. The van der Waals surface area contributed by atoms with E-state index in [-0.39, 0.29) is 6.61 Å². The first-order valence-corrected chi connectivity index (χ1v) is 8.63. The Morgan fingerprint density at radius 2 is 1.67 bits per heavy atom. The molecule has 0 aromatic heterocycles. The molecule has 0 heterocycles. The Morgan fingerprint density at radius 3 is 2.29 bits per heavy atom. The van der Waals surface area contributed by atoms with Crippen LogP contribution >= 0.6 is 0 Å². The molecular formula is C20H26O. The summed E-state index contributed by atoms with van der Waals surface area (Å²) in [6, 6.07) is 8.96. The number of aliphatic hydroxyl groups excluding tert-OH is 1. The highest BCUT2D eigenvalue weighted by atomic mass is 16.2. The fourth-order valence-corrected chi connectivity index (χ4v) is 5.83. The largest absolute Gasteiger partial charge is 0.392 e.